The largest absolute Gasteiger partial charge is 0.446 e. The van der Waals surface area contributed by atoms with Gasteiger partial charge in [-0.15, -0.1) is 11.8 Å². The molecule has 0 bridgehead atoms. The topological polar surface area (TPSA) is 26.0 Å². The molecule has 0 spiro atoms. The summed E-state index contributed by atoms with van der Waals surface area (Å²) < 4.78 is 5.81. The first-order chi connectivity index (χ1) is 15.5. The van der Waals surface area contributed by atoms with Crippen LogP contribution in [-0.4, -0.2) is 10.2 Å². The third-order valence-electron chi connectivity index (χ3n) is 6.40. The Morgan fingerprint density at radius 3 is 2.62 bits per heavy atom. The van der Waals surface area contributed by atoms with Crippen molar-refractivity contribution in [1.29, 1.82) is 0 Å². The Kier molecular flexibility index (Phi) is 4.44. The van der Waals surface area contributed by atoms with Gasteiger partial charge in [-0.2, -0.15) is 0 Å². The smallest absolute Gasteiger partial charge is 0.227 e. The molecule has 6 rings (SSSR count). The van der Waals surface area contributed by atoms with Gasteiger partial charge in [0.2, 0.25) is 5.71 Å². The molecule has 2 nitrogen and oxygen atoms in total. The molecule has 4 aromatic rings. The quantitative estimate of drug-likeness (QED) is 0.318. The molecule has 0 saturated heterocycles. The van der Waals surface area contributed by atoms with E-state index >= 15 is 0 Å². The lowest BCUT2D eigenvalue weighted by atomic mass is 9.82. The van der Waals surface area contributed by atoms with Crippen molar-refractivity contribution in [3.63, 3.8) is 0 Å². The lowest BCUT2D eigenvalue weighted by molar-refractivity contribution is 0.596. The molecule has 0 radical (unpaired) electrons. The summed E-state index contributed by atoms with van der Waals surface area (Å²) in [5.41, 5.74) is 5.38. The number of aromatic nitrogens is 1. The summed E-state index contributed by atoms with van der Waals surface area (Å²) in [6, 6.07) is 17.5. The van der Waals surface area contributed by atoms with Gasteiger partial charge >= 0.3 is 0 Å². The summed E-state index contributed by atoms with van der Waals surface area (Å²) in [5.74, 6) is 0.451. The minimum atomic E-state index is 0.0332. The fourth-order valence-electron chi connectivity index (χ4n) is 4.77. The summed E-state index contributed by atoms with van der Waals surface area (Å²) in [5, 5.41) is 4.10. The molecule has 0 N–H and O–H groups in total. The maximum absolute atomic E-state index is 5.81. The molecule has 2 aliphatic rings. The van der Waals surface area contributed by atoms with Crippen LogP contribution >= 0.6 is 11.8 Å². The Morgan fingerprint density at radius 2 is 1.78 bits per heavy atom. The van der Waals surface area contributed by atoms with Crippen LogP contribution < -0.4 is 0 Å². The van der Waals surface area contributed by atoms with Gasteiger partial charge in [0.25, 0.3) is 0 Å². The summed E-state index contributed by atoms with van der Waals surface area (Å²) in [6.07, 6.45) is 13.0. The molecule has 2 unspecified atom stereocenters. The minimum Gasteiger partial charge on any atom is -0.446 e. The van der Waals surface area contributed by atoms with Crippen molar-refractivity contribution < 1.29 is 4.42 Å². The number of benzene rings is 2. The van der Waals surface area contributed by atoms with Gasteiger partial charge in [-0.05, 0) is 46.0 Å². The van der Waals surface area contributed by atoms with E-state index in [1.807, 2.05) is 17.8 Å². The first kappa shape index (κ1) is 19.6. The van der Waals surface area contributed by atoms with E-state index in [1.54, 1.807) is 6.26 Å². The van der Waals surface area contributed by atoms with Crippen LogP contribution in [0.2, 0.25) is 0 Å². The maximum atomic E-state index is 5.81. The average Bonchev–Trinajstić information content (AvgIpc) is 3.43. The number of allylic oxidation sites excluding steroid dienone is 4. The molecule has 3 heterocycles. The Hall–Kier alpha value is -3.04. The molecule has 2 atom stereocenters. The van der Waals surface area contributed by atoms with Crippen molar-refractivity contribution in [2.45, 2.75) is 31.4 Å². The number of thioether (sulfide) groups is 1. The SMILES string of the molecule is CC(C)(C)c1cc(-c2cc(C3=CC4C=CC=CC4S3)c3ccoc3n2)cc2ccccc12. The van der Waals surface area contributed by atoms with E-state index in [0.29, 0.717) is 16.9 Å². The number of rotatable bonds is 2. The lowest BCUT2D eigenvalue weighted by Crippen LogP contribution is -2.12. The molecule has 3 heteroatoms. The summed E-state index contributed by atoms with van der Waals surface area (Å²) in [6.45, 7) is 6.82. The zero-order chi connectivity index (χ0) is 21.9. The van der Waals surface area contributed by atoms with E-state index in [0.717, 1.165) is 16.6 Å². The van der Waals surface area contributed by atoms with Gasteiger partial charge in [0, 0.05) is 32.6 Å². The number of hydrogen-bond donors (Lipinski definition) is 0. The highest BCUT2D eigenvalue weighted by atomic mass is 32.2. The van der Waals surface area contributed by atoms with E-state index < -0.39 is 0 Å². The van der Waals surface area contributed by atoms with E-state index in [1.165, 1.54) is 26.8 Å². The van der Waals surface area contributed by atoms with Crippen LogP contribution in [0.4, 0.5) is 0 Å². The molecule has 0 fully saturated rings. The summed E-state index contributed by atoms with van der Waals surface area (Å²) >= 11 is 1.93. The van der Waals surface area contributed by atoms with Crippen LogP contribution in [0.3, 0.4) is 0 Å². The van der Waals surface area contributed by atoms with Crippen molar-refractivity contribution in [3.05, 3.63) is 96.3 Å². The highest BCUT2D eigenvalue weighted by molar-refractivity contribution is 8.09. The predicted octanol–water partition coefficient (Wildman–Crippen LogP) is 8.14. The van der Waals surface area contributed by atoms with Crippen LogP contribution in [-0.2, 0) is 5.41 Å². The van der Waals surface area contributed by atoms with Crippen LogP contribution in [0.15, 0.2) is 89.6 Å². The number of fused-ring (bicyclic) bond motifs is 3. The Bertz CT molecular complexity index is 1450. The number of nitrogens with zero attached hydrogens (tertiary/aromatic N) is 1. The number of furan rings is 1. The molecular weight excluding hydrogens is 410 g/mol. The molecular formula is C29H25NOS. The Balaban J connectivity index is 1.55. The van der Waals surface area contributed by atoms with Gasteiger partial charge in [-0.3, -0.25) is 0 Å². The first-order valence-electron chi connectivity index (χ1n) is 11.1. The van der Waals surface area contributed by atoms with Crippen molar-refractivity contribution in [3.8, 4) is 11.3 Å². The zero-order valence-corrected chi connectivity index (χ0v) is 19.3. The fourth-order valence-corrected chi connectivity index (χ4v) is 6.09. The van der Waals surface area contributed by atoms with Gasteiger partial charge in [-0.1, -0.05) is 75.4 Å². The number of pyridine rings is 1. The standard InChI is InChI=1S/C29H25NOS/c1-29(2,3)24-15-20(14-18-8-4-6-10-21(18)24)25-17-23(22-12-13-31-28(22)30-25)27-16-19-9-5-7-11-26(19)32-27/h4-17,19,26H,1-3H3. The normalized spacial score (nSPS) is 20.2. The highest BCUT2D eigenvalue weighted by Gasteiger charge is 2.28. The molecule has 1 aliphatic heterocycles. The molecule has 0 amide bonds. The summed E-state index contributed by atoms with van der Waals surface area (Å²) in [7, 11) is 0. The Labute approximate surface area is 192 Å². The van der Waals surface area contributed by atoms with Crippen LogP contribution in [0, 0.1) is 5.92 Å². The molecule has 1 aliphatic carbocycles. The van der Waals surface area contributed by atoms with Crippen LogP contribution in [0.25, 0.3) is 38.0 Å². The van der Waals surface area contributed by atoms with Gasteiger partial charge in [0.1, 0.15) is 0 Å². The third-order valence-corrected chi connectivity index (χ3v) is 7.75. The van der Waals surface area contributed by atoms with Gasteiger partial charge < -0.3 is 4.42 Å². The molecule has 2 aromatic carbocycles. The molecule has 158 valence electrons. The first-order valence-corrected chi connectivity index (χ1v) is 12.0. The highest BCUT2D eigenvalue weighted by Crippen LogP contribution is 2.47. The Morgan fingerprint density at radius 1 is 0.938 bits per heavy atom. The average molecular weight is 436 g/mol. The minimum absolute atomic E-state index is 0.0332. The van der Waals surface area contributed by atoms with Crippen LogP contribution in [0.1, 0.15) is 31.9 Å². The second kappa shape index (κ2) is 7.25. The third kappa shape index (κ3) is 3.23. The van der Waals surface area contributed by atoms with Gasteiger partial charge in [0.15, 0.2) is 0 Å². The number of hydrogen-bond acceptors (Lipinski definition) is 3. The molecule has 0 saturated carbocycles. The van der Waals surface area contributed by atoms with Crippen LogP contribution in [0.5, 0.6) is 0 Å². The second-order valence-electron chi connectivity index (χ2n) is 9.65. The summed E-state index contributed by atoms with van der Waals surface area (Å²) in [4.78, 5) is 6.24. The van der Waals surface area contributed by atoms with E-state index in [9.17, 15) is 0 Å². The zero-order valence-electron chi connectivity index (χ0n) is 18.5. The monoisotopic (exact) mass is 435 g/mol. The maximum Gasteiger partial charge on any atom is 0.227 e. The van der Waals surface area contributed by atoms with Crippen molar-refractivity contribution in [2.24, 2.45) is 5.92 Å². The van der Waals surface area contributed by atoms with E-state index in [-0.39, 0.29) is 5.41 Å². The van der Waals surface area contributed by atoms with Crippen molar-refractivity contribution in [2.75, 3.05) is 0 Å². The molecule has 32 heavy (non-hydrogen) atoms. The predicted molar refractivity (Wildman–Crippen MR) is 137 cm³/mol. The fraction of sp³-hybridized carbons (Fsp3) is 0.207. The van der Waals surface area contributed by atoms with E-state index in [2.05, 4.69) is 93.6 Å². The second-order valence-corrected chi connectivity index (χ2v) is 10.9. The van der Waals surface area contributed by atoms with Crippen molar-refractivity contribution >= 4 is 38.5 Å². The van der Waals surface area contributed by atoms with E-state index in [4.69, 9.17) is 9.40 Å². The van der Waals surface area contributed by atoms with Crippen molar-refractivity contribution in [1.82, 2.24) is 4.98 Å². The molecule has 2 aromatic heterocycles. The van der Waals surface area contributed by atoms with Gasteiger partial charge in [0.05, 0.1) is 12.0 Å². The lowest BCUT2D eigenvalue weighted by Gasteiger charge is -2.23. The van der Waals surface area contributed by atoms with Gasteiger partial charge in [-0.25, -0.2) is 4.98 Å².